The molecule has 1 aliphatic heterocycles. The van der Waals surface area contributed by atoms with E-state index in [2.05, 4.69) is 5.32 Å². The van der Waals surface area contributed by atoms with Crippen LogP contribution in [0.1, 0.15) is 32.1 Å². The molecule has 0 bridgehead atoms. The van der Waals surface area contributed by atoms with Crippen molar-refractivity contribution in [3.63, 3.8) is 0 Å². The largest absolute Gasteiger partial charge is 0.316 e. The standard InChI is InChI=1S/C10H17NO/c12-10(4-8-2-1-3-8)5-9-6-11-7-9/h8-9,11H,1-7H2. The second-order valence-electron chi connectivity index (χ2n) is 4.27. The maximum Gasteiger partial charge on any atom is 0.133 e. The minimum Gasteiger partial charge on any atom is -0.316 e. The molecular formula is C10H17NO. The van der Waals surface area contributed by atoms with E-state index in [4.69, 9.17) is 0 Å². The van der Waals surface area contributed by atoms with Crippen LogP contribution in [0, 0.1) is 11.8 Å². The van der Waals surface area contributed by atoms with Crippen LogP contribution in [-0.2, 0) is 4.79 Å². The molecule has 12 heavy (non-hydrogen) atoms. The van der Waals surface area contributed by atoms with Gasteiger partial charge in [-0.3, -0.25) is 4.79 Å². The maximum absolute atomic E-state index is 11.4. The minimum absolute atomic E-state index is 0.506. The van der Waals surface area contributed by atoms with Crippen molar-refractivity contribution in [1.82, 2.24) is 5.32 Å². The lowest BCUT2D eigenvalue weighted by Gasteiger charge is -2.28. The van der Waals surface area contributed by atoms with Crippen LogP contribution in [0.4, 0.5) is 0 Å². The molecule has 1 saturated heterocycles. The predicted octanol–water partition coefficient (Wildman–Crippen LogP) is 1.36. The molecule has 0 aromatic heterocycles. The van der Waals surface area contributed by atoms with Crippen LogP contribution in [0.3, 0.4) is 0 Å². The monoisotopic (exact) mass is 167 g/mol. The van der Waals surface area contributed by atoms with Crippen LogP contribution in [0.25, 0.3) is 0 Å². The first-order valence-electron chi connectivity index (χ1n) is 5.07. The summed E-state index contributed by atoms with van der Waals surface area (Å²) in [5.74, 6) is 1.93. The molecule has 2 fully saturated rings. The van der Waals surface area contributed by atoms with E-state index < -0.39 is 0 Å². The van der Waals surface area contributed by atoms with Gasteiger partial charge in [0, 0.05) is 12.8 Å². The van der Waals surface area contributed by atoms with Crippen molar-refractivity contribution in [3.8, 4) is 0 Å². The van der Waals surface area contributed by atoms with Gasteiger partial charge in [0.1, 0.15) is 5.78 Å². The molecule has 1 saturated carbocycles. The fraction of sp³-hybridized carbons (Fsp3) is 0.900. The highest BCUT2D eigenvalue weighted by Gasteiger charge is 2.24. The molecule has 2 heteroatoms. The van der Waals surface area contributed by atoms with Crippen LogP contribution in [-0.4, -0.2) is 18.9 Å². The summed E-state index contributed by atoms with van der Waals surface area (Å²) in [6.45, 7) is 2.13. The Morgan fingerprint density at radius 3 is 2.25 bits per heavy atom. The van der Waals surface area contributed by atoms with Gasteiger partial charge in [0.25, 0.3) is 0 Å². The average Bonchev–Trinajstić information content (AvgIpc) is 1.89. The van der Waals surface area contributed by atoms with Gasteiger partial charge in [-0.15, -0.1) is 0 Å². The number of nitrogens with one attached hydrogen (secondary N) is 1. The molecule has 2 nitrogen and oxygen atoms in total. The Labute approximate surface area is 73.7 Å². The summed E-state index contributed by atoms with van der Waals surface area (Å²) in [6, 6.07) is 0. The van der Waals surface area contributed by atoms with E-state index in [0.29, 0.717) is 11.7 Å². The second kappa shape index (κ2) is 3.56. The Morgan fingerprint density at radius 1 is 1.17 bits per heavy atom. The highest BCUT2D eigenvalue weighted by molar-refractivity contribution is 5.79. The molecular weight excluding hydrogens is 150 g/mol. The summed E-state index contributed by atoms with van der Waals surface area (Å²) in [5, 5.41) is 3.20. The molecule has 0 spiro atoms. The van der Waals surface area contributed by atoms with Gasteiger partial charge in [0.2, 0.25) is 0 Å². The van der Waals surface area contributed by atoms with E-state index in [-0.39, 0.29) is 0 Å². The number of hydrogen-bond donors (Lipinski definition) is 1. The Hall–Kier alpha value is -0.370. The van der Waals surface area contributed by atoms with Crippen molar-refractivity contribution >= 4 is 5.78 Å². The van der Waals surface area contributed by atoms with Gasteiger partial charge in [-0.05, 0) is 24.9 Å². The minimum atomic E-state index is 0.506. The van der Waals surface area contributed by atoms with Crippen molar-refractivity contribution in [2.24, 2.45) is 11.8 Å². The normalized spacial score (nSPS) is 24.7. The Morgan fingerprint density at radius 2 is 1.83 bits per heavy atom. The lowest BCUT2D eigenvalue weighted by Crippen LogP contribution is -2.43. The van der Waals surface area contributed by atoms with E-state index >= 15 is 0 Å². The Kier molecular flexibility index (Phi) is 2.45. The highest BCUT2D eigenvalue weighted by atomic mass is 16.1. The fourth-order valence-corrected chi connectivity index (χ4v) is 1.92. The molecule has 0 aromatic carbocycles. The summed E-state index contributed by atoms with van der Waals surface area (Å²) in [4.78, 5) is 11.4. The molecule has 0 radical (unpaired) electrons. The van der Waals surface area contributed by atoms with Crippen LogP contribution in [0.5, 0.6) is 0 Å². The number of carbonyl (C=O) groups excluding carboxylic acids is 1. The number of ketones is 1. The number of rotatable bonds is 4. The van der Waals surface area contributed by atoms with Gasteiger partial charge < -0.3 is 5.32 Å². The summed E-state index contributed by atoms with van der Waals surface area (Å²) >= 11 is 0. The first-order valence-corrected chi connectivity index (χ1v) is 5.07. The zero-order chi connectivity index (χ0) is 8.39. The third-order valence-electron chi connectivity index (χ3n) is 3.12. The molecule has 2 aliphatic rings. The van der Waals surface area contributed by atoms with Crippen molar-refractivity contribution in [2.75, 3.05) is 13.1 Å². The van der Waals surface area contributed by atoms with Crippen molar-refractivity contribution in [2.45, 2.75) is 32.1 Å². The van der Waals surface area contributed by atoms with Gasteiger partial charge in [0.05, 0.1) is 0 Å². The van der Waals surface area contributed by atoms with Crippen LogP contribution >= 0.6 is 0 Å². The summed E-state index contributed by atoms with van der Waals surface area (Å²) in [6.07, 6.45) is 5.66. The Balaban J connectivity index is 1.62. The third kappa shape index (κ3) is 1.86. The molecule has 0 unspecified atom stereocenters. The quantitative estimate of drug-likeness (QED) is 0.685. The zero-order valence-electron chi connectivity index (χ0n) is 7.51. The van der Waals surface area contributed by atoms with Crippen LogP contribution < -0.4 is 5.32 Å². The maximum atomic E-state index is 11.4. The second-order valence-corrected chi connectivity index (χ2v) is 4.27. The predicted molar refractivity (Wildman–Crippen MR) is 47.9 cm³/mol. The van der Waals surface area contributed by atoms with Crippen LogP contribution in [0.15, 0.2) is 0 Å². The fourth-order valence-electron chi connectivity index (χ4n) is 1.92. The Bertz CT molecular complexity index is 153. The molecule has 68 valence electrons. The average molecular weight is 167 g/mol. The van der Waals surface area contributed by atoms with Gasteiger partial charge in [-0.2, -0.15) is 0 Å². The van der Waals surface area contributed by atoms with Gasteiger partial charge in [0.15, 0.2) is 0 Å². The van der Waals surface area contributed by atoms with E-state index in [1.165, 1.54) is 19.3 Å². The lowest BCUT2D eigenvalue weighted by atomic mass is 9.80. The first kappa shape index (κ1) is 8.24. The molecule has 0 amide bonds. The zero-order valence-corrected chi connectivity index (χ0v) is 7.51. The van der Waals surface area contributed by atoms with Crippen molar-refractivity contribution in [1.29, 1.82) is 0 Å². The molecule has 1 aliphatic carbocycles. The first-order chi connectivity index (χ1) is 5.84. The number of carbonyl (C=O) groups is 1. The number of hydrogen-bond acceptors (Lipinski definition) is 2. The SMILES string of the molecule is O=C(CC1CCC1)CC1CNC1. The third-order valence-corrected chi connectivity index (χ3v) is 3.12. The molecule has 0 atom stereocenters. The molecule has 1 N–H and O–H groups in total. The van der Waals surface area contributed by atoms with E-state index in [9.17, 15) is 4.79 Å². The smallest absolute Gasteiger partial charge is 0.133 e. The summed E-state index contributed by atoms with van der Waals surface area (Å²) < 4.78 is 0. The van der Waals surface area contributed by atoms with E-state index in [1.54, 1.807) is 0 Å². The van der Waals surface area contributed by atoms with Crippen LogP contribution in [0.2, 0.25) is 0 Å². The molecule has 2 rings (SSSR count). The van der Waals surface area contributed by atoms with E-state index in [1.807, 2.05) is 0 Å². The summed E-state index contributed by atoms with van der Waals surface area (Å²) in [5.41, 5.74) is 0. The van der Waals surface area contributed by atoms with Crippen molar-refractivity contribution < 1.29 is 4.79 Å². The summed E-state index contributed by atoms with van der Waals surface area (Å²) in [7, 11) is 0. The topological polar surface area (TPSA) is 29.1 Å². The van der Waals surface area contributed by atoms with Gasteiger partial charge in [-0.1, -0.05) is 19.3 Å². The molecule has 1 heterocycles. The van der Waals surface area contributed by atoms with E-state index in [0.717, 1.165) is 31.8 Å². The van der Waals surface area contributed by atoms with Gasteiger partial charge in [-0.25, -0.2) is 0 Å². The molecule has 0 aromatic rings. The van der Waals surface area contributed by atoms with Gasteiger partial charge >= 0.3 is 0 Å². The number of Topliss-reactive ketones (excluding diaryl/α,β-unsaturated/α-hetero) is 1. The van der Waals surface area contributed by atoms with Crippen molar-refractivity contribution in [3.05, 3.63) is 0 Å². The highest BCUT2D eigenvalue weighted by Crippen LogP contribution is 2.30. The lowest BCUT2D eigenvalue weighted by molar-refractivity contribution is -0.121.